The van der Waals surface area contributed by atoms with Gasteiger partial charge in [-0.3, -0.25) is 9.69 Å². The van der Waals surface area contributed by atoms with Crippen molar-refractivity contribution in [1.29, 1.82) is 0 Å². The summed E-state index contributed by atoms with van der Waals surface area (Å²) in [5.41, 5.74) is 3.32. The van der Waals surface area contributed by atoms with Crippen molar-refractivity contribution in [3.63, 3.8) is 0 Å². The summed E-state index contributed by atoms with van der Waals surface area (Å²) >= 11 is 6.42. The quantitative estimate of drug-likeness (QED) is 0.494. The number of benzene rings is 3. The molecule has 5 nitrogen and oxygen atoms in total. The van der Waals surface area contributed by atoms with Crippen LogP contribution in [0.2, 0.25) is 5.02 Å². The average Bonchev–Trinajstić information content (AvgIpc) is 3.26. The molecule has 1 saturated heterocycles. The van der Waals surface area contributed by atoms with E-state index in [0.29, 0.717) is 13.1 Å². The maximum Gasteiger partial charge on any atom is 0.237 e. The van der Waals surface area contributed by atoms with Crippen molar-refractivity contribution in [3.8, 4) is 5.75 Å². The molecule has 1 aliphatic rings. The van der Waals surface area contributed by atoms with Crippen molar-refractivity contribution >= 4 is 17.5 Å². The summed E-state index contributed by atoms with van der Waals surface area (Å²) in [5, 5.41) is 7.48. The van der Waals surface area contributed by atoms with Gasteiger partial charge in [-0.25, -0.2) is 0 Å². The lowest BCUT2D eigenvalue weighted by Crippen LogP contribution is -2.42. The van der Waals surface area contributed by atoms with Gasteiger partial charge < -0.3 is 15.4 Å². The van der Waals surface area contributed by atoms with Crippen LogP contribution in [-0.4, -0.2) is 36.5 Å². The summed E-state index contributed by atoms with van der Waals surface area (Å²) in [6.07, 6.45) is 0.751. The van der Waals surface area contributed by atoms with Gasteiger partial charge in [0.1, 0.15) is 5.75 Å². The third-order valence-electron chi connectivity index (χ3n) is 6.10. The van der Waals surface area contributed by atoms with Gasteiger partial charge in [-0.1, -0.05) is 72.3 Å². The maximum atomic E-state index is 13.2. The van der Waals surface area contributed by atoms with E-state index in [9.17, 15) is 4.79 Å². The number of nitrogens with one attached hydrogen (secondary N) is 2. The maximum absolute atomic E-state index is 13.2. The molecular weight excluding hydrogens is 434 g/mol. The van der Waals surface area contributed by atoms with E-state index in [2.05, 4.69) is 27.7 Å². The van der Waals surface area contributed by atoms with Crippen molar-refractivity contribution in [2.45, 2.75) is 38.1 Å². The first-order valence-corrected chi connectivity index (χ1v) is 11.7. The molecule has 172 valence electrons. The first kappa shape index (κ1) is 23.3. The van der Waals surface area contributed by atoms with Crippen LogP contribution in [-0.2, 0) is 24.4 Å². The minimum atomic E-state index is -0.210. The number of amides is 1. The molecule has 1 aliphatic heterocycles. The molecule has 0 aliphatic carbocycles. The van der Waals surface area contributed by atoms with Gasteiger partial charge in [-0.15, -0.1) is 0 Å². The molecule has 2 N–H and O–H groups in total. The fourth-order valence-electron chi connectivity index (χ4n) is 4.25. The average molecular weight is 464 g/mol. The largest absolute Gasteiger partial charge is 0.497 e. The third kappa shape index (κ3) is 6.35. The van der Waals surface area contributed by atoms with Crippen LogP contribution in [0.1, 0.15) is 23.1 Å². The van der Waals surface area contributed by atoms with E-state index < -0.39 is 0 Å². The zero-order chi connectivity index (χ0) is 23.0. The van der Waals surface area contributed by atoms with Crippen LogP contribution in [0.15, 0.2) is 78.9 Å². The third-order valence-corrected chi connectivity index (χ3v) is 6.47. The number of methoxy groups -OCH3 is 1. The Morgan fingerprint density at radius 2 is 1.67 bits per heavy atom. The van der Waals surface area contributed by atoms with E-state index in [1.54, 1.807) is 7.11 Å². The summed E-state index contributed by atoms with van der Waals surface area (Å²) < 4.78 is 5.24. The molecule has 0 saturated carbocycles. The van der Waals surface area contributed by atoms with E-state index in [4.69, 9.17) is 16.3 Å². The number of nitrogens with zero attached hydrogens (tertiary/aromatic N) is 1. The van der Waals surface area contributed by atoms with Crippen molar-refractivity contribution in [1.82, 2.24) is 15.5 Å². The van der Waals surface area contributed by atoms with Gasteiger partial charge in [-0.05, 0) is 41.3 Å². The van der Waals surface area contributed by atoms with Crippen LogP contribution in [0.3, 0.4) is 0 Å². The topological polar surface area (TPSA) is 53.6 Å². The van der Waals surface area contributed by atoms with Gasteiger partial charge in [0.2, 0.25) is 5.91 Å². The van der Waals surface area contributed by atoms with Crippen molar-refractivity contribution in [3.05, 3.63) is 101 Å². The Kier molecular flexibility index (Phi) is 8.00. The zero-order valence-electron chi connectivity index (χ0n) is 18.8. The highest BCUT2D eigenvalue weighted by atomic mass is 35.5. The summed E-state index contributed by atoms with van der Waals surface area (Å²) in [6, 6.07) is 25.9. The fourth-order valence-corrected chi connectivity index (χ4v) is 4.45. The first-order valence-electron chi connectivity index (χ1n) is 11.3. The Bertz CT molecular complexity index is 1040. The number of halogens is 1. The van der Waals surface area contributed by atoms with Gasteiger partial charge in [-0.2, -0.15) is 0 Å². The molecule has 0 radical (unpaired) electrons. The summed E-state index contributed by atoms with van der Waals surface area (Å²) in [4.78, 5) is 15.4. The van der Waals surface area contributed by atoms with Crippen molar-refractivity contribution in [2.24, 2.45) is 0 Å². The molecule has 4 rings (SSSR count). The SMILES string of the molecule is COc1ccc(CNC2CC(C(=O)NCc3ccccc3)N(Cc3ccccc3Cl)C2)cc1. The lowest BCUT2D eigenvalue weighted by molar-refractivity contribution is -0.125. The van der Waals surface area contributed by atoms with Crippen molar-refractivity contribution < 1.29 is 9.53 Å². The normalized spacial score (nSPS) is 18.2. The van der Waals surface area contributed by atoms with E-state index in [1.165, 1.54) is 5.56 Å². The molecule has 1 heterocycles. The fraction of sp³-hybridized carbons (Fsp3) is 0.296. The van der Waals surface area contributed by atoms with Crippen LogP contribution in [0.5, 0.6) is 5.75 Å². The number of hydrogen-bond donors (Lipinski definition) is 2. The van der Waals surface area contributed by atoms with Gasteiger partial charge in [0.05, 0.1) is 13.2 Å². The smallest absolute Gasteiger partial charge is 0.237 e. The van der Waals surface area contributed by atoms with Crippen LogP contribution in [0, 0.1) is 0 Å². The number of likely N-dealkylation sites (tertiary alicyclic amines) is 1. The second-order valence-electron chi connectivity index (χ2n) is 8.40. The Balaban J connectivity index is 1.41. The highest BCUT2D eigenvalue weighted by molar-refractivity contribution is 6.31. The molecule has 2 unspecified atom stereocenters. The van der Waals surface area contributed by atoms with Crippen LogP contribution < -0.4 is 15.4 Å². The predicted octanol–water partition coefficient (Wildman–Crippen LogP) is 4.40. The molecule has 0 bridgehead atoms. The Labute approximate surface area is 200 Å². The van der Waals surface area contributed by atoms with Gasteiger partial charge >= 0.3 is 0 Å². The number of carbonyl (C=O) groups excluding carboxylic acids is 1. The van der Waals surface area contributed by atoms with Gasteiger partial charge in [0.25, 0.3) is 0 Å². The van der Waals surface area contributed by atoms with Crippen molar-refractivity contribution in [2.75, 3.05) is 13.7 Å². The lowest BCUT2D eigenvalue weighted by atomic mass is 10.1. The molecular formula is C27H30ClN3O2. The summed E-state index contributed by atoms with van der Waals surface area (Å²) in [5.74, 6) is 0.903. The number of carbonyl (C=O) groups is 1. The molecule has 6 heteroatoms. The van der Waals surface area contributed by atoms with Crippen LogP contribution in [0.25, 0.3) is 0 Å². The molecule has 33 heavy (non-hydrogen) atoms. The van der Waals surface area contributed by atoms with Gasteiger partial charge in [0, 0.05) is 37.2 Å². The molecule has 3 aromatic carbocycles. The second kappa shape index (κ2) is 11.3. The van der Waals surface area contributed by atoms with E-state index in [0.717, 1.165) is 41.4 Å². The first-order chi connectivity index (χ1) is 16.1. The minimum absolute atomic E-state index is 0.0552. The zero-order valence-corrected chi connectivity index (χ0v) is 19.6. The van der Waals surface area contributed by atoms with Crippen LogP contribution in [0.4, 0.5) is 0 Å². The molecule has 0 spiro atoms. The molecule has 1 amide bonds. The Morgan fingerprint density at radius 1 is 0.970 bits per heavy atom. The second-order valence-corrected chi connectivity index (χ2v) is 8.81. The predicted molar refractivity (Wildman–Crippen MR) is 132 cm³/mol. The van der Waals surface area contributed by atoms with Crippen LogP contribution >= 0.6 is 11.6 Å². The summed E-state index contributed by atoms with van der Waals surface area (Å²) in [6.45, 7) is 2.70. The lowest BCUT2D eigenvalue weighted by Gasteiger charge is -2.24. The molecule has 2 atom stereocenters. The molecule has 0 aromatic heterocycles. The Hall–Kier alpha value is -2.86. The monoisotopic (exact) mass is 463 g/mol. The van der Waals surface area contributed by atoms with Gasteiger partial charge in [0.15, 0.2) is 0 Å². The molecule has 1 fully saturated rings. The number of hydrogen-bond acceptors (Lipinski definition) is 4. The van der Waals surface area contributed by atoms with E-state index >= 15 is 0 Å². The standard InChI is InChI=1S/C27H30ClN3O2/c1-33-24-13-11-21(12-14-24)16-29-23-15-26(27(32)30-17-20-7-3-2-4-8-20)31(19-23)18-22-9-5-6-10-25(22)28/h2-14,23,26,29H,15-19H2,1H3,(H,30,32). The highest BCUT2D eigenvalue weighted by Crippen LogP contribution is 2.25. The minimum Gasteiger partial charge on any atom is -0.497 e. The number of rotatable bonds is 9. The van der Waals surface area contributed by atoms with E-state index in [1.807, 2.05) is 66.7 Å². The summed E-state index contributed by atoms with van der Waals surface area (Å²) in [7, 11) is 1.67. The Morgan fingerprint density at radius 3 is 2.39 bits per heavy atom. The highest BCUT2D eigenvalue weighted by Gasteiger charge is 2.36. The molecule has 3 aromatic rings. The number of ether oxygens (including phenoxy) is 1. The van der Waals surface area contributed by atoms with E-state index in [-0.39, 0.29) is 18.0 Å².